The Morgan fingerprint density at radius 3 is 2.89 bits per heavy atom. The van der Waals surface area contributed by atoms with Gasteiger partial charge in [0.05, 0.1) is 18.8 Å². The van der Waals surface area contributed by atoms with E-state index in [1.165, 1.54) is 11.8 Å². The van der Waals surface area contributed by atoms with E-state index in [9.17, 15) is 9.59 Å². The largest absolute Gasteiger partial charge is 0.475 e. The van der Waals surface area contributed by atoms with Crippen LogP contribution in [0.2, 0.25) is 5.02 Å². The number of halogens is 1. The van der Waals surface area contributed by atoms with Crippen molar-refractivity contribution in [2.24, 2.45) is 0 Å². The van der Waals surface area contributed by atoms with Crippen molar-refractivity contribution in [3.8, 4) is 5.75 Å². The van der Waals surface area contributed by atoms with Crippen molar-refractivity contribution >= 4 is 29.2 Å². The first-order valence-corrected chi connectivity index (χ1v) is 6.31. The van der Waals surface area contributed by atoms with Gasteiger partial charge in [-0.15, -0.1) is 0 Å². The highest BCUT2D eigenvalue weighted by molar-refractivity contribution is 6.31. The van der Waals surface area contributed by atoms with Crippen LogP contribution in [0.4, 0.5) is 5.69 Å². The third kappa shape index (κ3) is 2.81. The second-order valence-electron chi connectivity index (χ2n) is 4.10. The summed E-state index contributed by atoms with van der Waals surface area (Å²) in [5.74, 6) is -0.209. The zero-order chi connectivity index (χ0) is 14.0. The Labute approximate surface area is 116 Å². The number of hydrogen-bond acceptors (Lipinski definition) is 4. The van der Waals surface area contributed by atoms with Crippen molar-refractivity contribution in [1.82, 2.24) is 0 Å². The van der Waals surface area contributed by atoms with Crippen LogP contribution in [0, 0.1) is 0 Å². The molecule has 102 valence electrons. The predicted molar refractivity (Wildman–Crippen MR) is 70.5 cm³/mol. The molecule has 0 aromatic heterocycles. The van der Waals surface area contributed by atoms with E-state index in [1.54, 1.807) is 25.1 Å². The van der Waals surface area contributed by atoms with Crippen LogP contribution in [0.5, 0.6) is 5.75 Å². The third-order valence-electron chi connectivity index (χ3n) is 2.76. The number of amides is 1. The van der Waals surface area contributed by atoms with Gasteiger partial charge in [0.25, 0.3) is 0 Å². The summed E-state index contributed by atoms with van der Waals surface area (Å²) in [7, 11) is 0. The summed E-state index contributed by atoms with van der Waals surface area (Å²) in [5.41, 5.74) is 0.570. The summed E-state index contributed by atoms with van der Waals surface area (Å²) < 4.78 is 10.5. The number of anilines is 1. The third-order valence-corrected chi connectivity index (χ3v) is 2.99. The summed E-state index contributed by atoms with van der Waals surface area (Å²) >= 11 is 5.91. The topological polar surface area (TPSA) is 55.8 Å². The number of rotatable bonds is 2. The molecule has 0 radical (unpaired) electrons. The SMILES string of the molecule is CCOC(=O)C1CN(C(C)=O)c2cc(Cl)ccc2O1. The average Bonchev–Trinajstić information content (AvgIpc) is 2.37. The van der Waals surface area contributed by atoms with Crippen LogP contribution in [-0.4, -0.2) is 31.1 Å². The molecule has 0 bridgehead atoms. The fourth-order valence-corrected chi connectivity index (χ4v) is 2.08. The fourth-order valence-electron chi connectivity index (χ4n) is 1.91. The van der Waals surface area contributed by atoms with Crippen molar-refractivity contribution in [3.63, 3.8) is 0 Å². The summed E-state index contributed by atoms with van der Waals surface area (Å²) in [6.07, 6.45) is -0.808. The highest BCUT2D eigenvalue weighted by Crippen LogP contribution is 2.35. The first kappa shape index (κ1) is 13.7. The predicted octanol–water partition coefficient (Wildman–Crippen LogP) is 2.02. The molecule has 0 spiro atoms. The van der Waals surface area contributed by atoms with Gasteiger partial charge in [-0.2, -0.15) is 0 Å². The first-order valence-electron chi connectivity index (χ1n) is 5.94. The Morgan fingerprint density at radius 1 is 1.53 bits per heavy atom. The minimum atomic E-state index is -0.808. The summed E-state index contributed by atoms with van der Waals surface area (Å²) in [4.78, 5) is 24.9. The number of esters is 1. The maximum Gasteiger partial charge on any atom is 0.349 e. The molecule has 0 saturated heterocycles. The molecule has 0 aliphatic carbocycles. The van der Waals surface area contributed by atoms with Gasteiger partial charge in [0.2, 0.25) is 12.0 Å². The second kappa shape index (κ2) is 5.48. The lowest BCUT2D eigenvalue weighted by atomic mass is 10.2. The standard InChI is InChI=1S/C13H14ClNO4/c1-3-18-13(17)12-7-15(8(2)16)10-6-9(14)4-5-11(10)19-12/h4-6,12H,3,7H2,1-2H3. The van der Waals surface area contributed by atoms with Crippen LogP contribution >= 0.6 is 11.6 Å². The van der Waals surface area contributed by atoms with E-state index in [0.29, 0.717) is 16.5 Å². The van der Waals surface area contributed by atoms with Crippen LogP contribution < -0.4 is 9.64 Å². The number of carbonyl (C=O) groups is 2. The molecular weight excluding hydrogens is 270 g/mol. The van der Waals surface area contributed by atoms with Gasteiger partial charge in [0, 0.05) is 11.9 Å². The number of ether oxygens (including phenoxy) is 2. The quantitative estimate of drug-likeness (QED) is 0.779. The number of nitrogens with zero attached hydrogens (tertiary/aromatic N) is 1. The first-order chi connectivity index (χ1) is 9.02. The molecule has 1 amide bonds. The molecule has 0 saturated carbocycles. The fraction of sp³-hybridized carbons (Fsp3) is 0.385. The van der Waals surface area contributed by atoms with E-state index in [-0.39, 0.29) is 19.1 Å². The van der Waals surface area contributed by atoms with E-state index in [1.807, 2.05) is 0 Å². The Balaban J connectivity index is 2.33. The van der Waals surface area contributed by atoms with Crippen LogP contribution in [-0.2, 0) is 14.3 Å². The lowest BCUT2D eigenvalue weighted by Crippen LogP contribution is -2.47. The average molecular weight is 284 g/mol. The van der Waals surface area contributed by atoms with Gasteiger partial charge in [-0.05, 0) is 25.1 Å². The number of benzene rings is 1. The molecule has 0 N–H and O–H groups in total. The Hall–Kier alpha value is -1.75. The lowest BCUT2D eigenvalue weighted by molar-refractivity contribution is -0.151. The molecule has 1 unspecified atom stereocenters. The van der Waals surface area contributed by atoms with Gasteiger partial charge in [-0.25, -0.2) is 4.79 Å². The number of carbonyl (C=O) groups excluding carboxylic acids is 2. The van der Waals surface area contributed by atoms with Crippen molar-refractivity contribution in [2.45, 2.75) is 20.0 Å². The Bertz CT molecular complexity index is 517. The molecule has 1 aliphatic heterocycles. The maximum atomic E-state index is 11.7. The van der Waals surface area contributed by atoms with Gasteiger partial charge in [-0.3, -0.25) is 4.79 Å². The van der Waals surface area contributed by atoms with Crippen molar-refractivity contribution in [3.05, 3.63) is 23.2 Å². The van der Waals surface area contributed by atoms with E-state index >= 15 is 0 Å². The molecule has 1 aromatic rings. The van der Waals surface area contributed by atoms with Crippen LogP contribution in [0.15, 0.2) is 18.2 Å². The van der Waals surface area contributed by atoms with Crippen molar-refractivity contribution in [2.75, 3.05) is 18.1 Å². The molecule has 1 atom stereocenters. The lowest BCUT2D eigenvalue weighted by Gasteiger charge is -2.33. The highest BCUT2D eigenvalue weighted by Gasteiger charge is 2.33. The van der Waals surface area contributed by atoms with Gasteiger partial charge in [-0.1, -0.05) is 11.6 Å². The maximum absolute atomic E-state index is 11.7. The van der Waals surface area contributed by atoms with E-state index in [0.717, 1.165) is 0 Å². The Kier molecular flexibility index (Phi) is 3.95. The smallest absolute Gasteiger partial charge is 0.349 e. The van der Waals surface area contributed by atoms with Gasteiger partial charge < -0.3 is 14.4 Å². The minimum absolute atomic E-state index is 0.126. The van der Waals surface area contributed by atoms with E-state index < -0.39 is 12.1 Å². The second-order valence-corrected chi connectivity index (χ2v) is 4.54. The van der Waals surface area contributed by atoms with Crippen LogP contribution in [0.1, 0.15) is 13.8 Å². The molecule has 1 heterocycles. The summed E-state index contributed by atoms with van der Waals surface area (Å²) in [6, 6.07) is 4.92. The molecule has 5 nitrogen and oxygen atoms in total. The molecule has 2 rings (SSSR count). The van der Waals surface area contributed by atoms with E-state index in [2.05, 4.69) is 0 Å². The molecule has 1 aliphatic rings. The number of hydrogen-bond donors (Lipinski definition) is 0. The molecule has 1 aromatic carbocycles. The zero-order valence-corrected chi connectivity index (χ0v) is 11.4. The molecule has 19 heavy (non-hydrogen) atoms. The molecule has 6 heteroatoms. The zero-order valence-electron chi connectivity index (χ0n) is 10.7. The Morgan fingerprint density at radius 2 is 2.26 bits per heavy atom. The molecular formula is C13H14ClNO4. The summed E-state index contributed by atoms with van der Waals surface area (Å²) in [5, 5.41) is 0.503. The normalized spacial score (nSPS) is 17.4. The van der Waals surface area contributed by atoms with Crippen molar-refractivity contribution in [1.29, 1.82) is 0 Å². The number of fused-ring (bicyclic) bond motifs is 1. The summed E-state index contributed by atoms with van der Waals surface area (Å²) in [6.45, 7) is 3.54. The van der Waals surface area contributed by atoms with Crippen LogP contribution in [0.3, 0.4) is 0 Å². The van der Waals surface area contributed by atoms with Gasteiger partial charge in [0.1, 0.15) is 5.75 Å². The van der Waals surface area contributed by atoms with Gasteiger partial charge >= 0.3 is 5.97 Å². The monoisotopic (exact) mass is 283 g/mol. The van der Waals surface area contributed by atoms with Gasteiger partial charge in [0.15, 0.2) is 0 Å². The van der Waals surface area contributed by atoms with Crippen LogP contribution in [0.25, 0.3) is 0 Å². The van der Waals surface area contributed by atoms with E-state index in [4.69, 9.17) is 21.1 Å². The van der Waals surface area contributed by atoms with Crippen molar-refractivity contribution < 1.29 is 19.1 Å². The minimum Gasteiger partial charge on any atom is -0.475 e. The highest BCUT2D eigenvalue weighted by atomic mass is 35.5. The molecule has 0 fully saturated rings.